The number of hydrogen-bond donors (Lipinski definition) is 2. The number of carbonyl (C=O) groups is 2. The van der Waals surface area contributed by atoms with Crippen LogP contribution in [0.3, 0.4) is 0 Å². The first kappa shape index (κ1) is 16.0. The third-order valence-corrected chi connectivity index (χ3v) is 3.83. The predicted octanol–water partition coefficient (Wildman–Crippen LogP) is 0.912. The Labute approximate surface area is 115 Å². The van der Waals surface area contributed by atoms with Crippen molar-refractivity contribution in [3.63, 3.8) is 0 Å². The summed E-state index contributed by atoms with van der Waals surface area (Å²) in [7, 11) is 0. The van der Waals surface area contributed by atoms with Gasteiger partial charge in [-0.2, -0.15) is 0 Å². The summed E-state index contributed by atoms with van der Waals surface area (Å²) in [4.78, 5) is 24.5. The minimum atomic E-state index is -0.00656. The van der Waals surface area contributed by atoms with Crippen LogP contribution < -0.4 is 5.32 Å². The zero-order valence-electron chi connectivity index (χ0n) is 12.0. The summed E-state index contributed by atoms with van der Waals surface area (Å²) >= 11 is 0. The molecule has 1 heterocycles. The van der Waals surface area contributed by atoms with Gasteiger partial charge in [-0.25, -0.2) is 0 Å². The summed E-state index contributed by atoms with van der Waals surface area (Å²) < 4.78 is 0. The Bertz CT molecular complexity index is 307. The molecule has 2 N–H and O–H groups in total. The number of unbranched alkanes of at least 4 members (excludes halogenated alkanes) is 2. The minimum absolute atomic E-state index is 0.00637. The second-order valence-electron chi connectivity index (χ2n) is 5.40. The molecule has 2 unspecified atom stereocenters. The molecule has 2 atom stereocenters. The van der Waals surface area contributed by atoms with E-state index in [4.69, 9.17) is 0 Å². The van der Waals surface area contributed by atoms with E-state index in [0.717, 1.165) is 32.2 Å². The number of aliphatic hydroxyl groups is 1. The highest BCUT2D eigenvalue weighted by atomic mass is 16.3. The van der Waals surface area contributed by atoms with E-state index in [2.05, 4.69) is 12.2 Å². The van der Waals surface area contributed by atoms with E-state index in [1.807, 2.05) is 4.90 Å². The van der Waals surface area contributed by atoms with Crippen LogP contribution in [0.2, 0.25) is 0 Å². The molecule has 0 saturated carbocycles. The van der Waals surface area contributed by atoms with Crippen molar-refractivity contribution in [1.29, 1.82) is 0 Å². The Morgan fingerprint density at radius 3 is 2.68 bits per heavy atom. The summed E-state index contributed by atoms with van der Waals surface area (Å²) in [6.07, 6.45) is 4.23. The van der Waals surface area contributed by atoms with E-state index in [1.165, 1.54) is 6.92 Å². The van der Waals surface area contributed by atoms with Crippen molar-refractivity contribution in [1.82, 2.24) is 10.2 Å². The molecule has 0 aliphatic carbocycles. The number of hydrogen-bond acceptors (Lipinski definition) is 3. The summed E-state index contributed by atoms with van der Waals surface area (Å²) in [6, 6.07) is 0.00637. The van der Waals surface area contributed by atoms with Crippen LogP contribution >= 0.6 is 0 Å². The number of aliphatic hydroxyl groups excluding tert-OH is 1. The van der Waals surface area contributed by atoms with Crippen LogP contribution in [0.5, 0.6) is 0 Å². The van der Waals surface area contributed by atoms with Crippen LogP contribution in [0.4, 0.5) is 0 Å². The lowest BCUT2D eigenvalue weighted by Gasteiger charge is -2.25. The topological polar surface area (TPSA) is 69.6 Å². The van der Waals surface area contributed by atoms with Gasteiger partial charge >= 0.3 is 0 Å². The second-order valence-corrected chi connectivity index (χ2v) is 5.40. The number of amides is 2. The average Bonchev–Trinajstić information content (AvgIpc) is 2.74. The molecule has 1 aliphatic heterocycles. The second kappa shape index (κ2) is 8.15. The predicted molar refractivity (Wildman–Crippen MR) is 73.5 cm³/mol. The van der Waals surface area contributed by atoms with Gasteiger partial charge in [-0.3, -0.25) is 9.59 Å². The molecular formula is C14H26N2O3. The number of rotatable bonds is 7. The molecule has 1 aliphatic rings. The van der Waals surface area contributed by atoms with E-state index in [-0.39, 0.29) is 24.5 Å². The average molecular weight is 270 g/mol. The highest BCUT2D eigenvalue weighted by Crippen LogP contribution is 2.24. The van der Waals surface area contributed by atoms with Crippen molar-refractivity contribution in [2.75, 3.05) is 19.7 Å². The zero-order valence-corrected chi connectivity index (χ0v) is 12.0. The van der Waals surface area contributed by atoms with Crippen molar-refractivity contribution in [2.24, 2.45) is 5.92 Å². The quantitative estimate of drug-likeness (QED) is 0.676. The molecule has 110 valence electrons. The molecule has 0 spiro atoms. The van der Waals surface area contributed by atoms with Crippen molar-refractivity contribution >= 4 is 11.8 Å². The molecule has 1 rings (SSSR count). The summed E-state index contributed by atoms with van der Waals surface area (Å²) in [5.74, 6) is 0.546. The van der Waals surface area contributed by atoms with Crippen LogP contribution in [0.15, 0.2) is 0 Å². The number of likely N-dealkylation sites (tertiary alicyclic amines) is 1. The smallest absolute Gasteiger partial charge is 0.222 e. The third-order valence-electron chi connectivity index (χ3n) is 3.83. The van der Waals surface area contributed by atoms with Crippen LogP contribution in [-0.4, -0.2) is 47.6 Å². The largest absolute Gasteiger partial charge is 0.394 e. The number of carbonyl (C=O) groups excluding carboxylic acids is 2. The van der Waals surface area contributed by atoms with Gasteiger partial charge in [-0.05, 0) is 25.2 Å². The standard InChI is InChI=1S/C14H26N2O3/c1-11-7-9-16(13(11)10-17)14(19)6-4-3-5-8-15-12(2)18/h11,13,17H,3-10H2,1-2H3,(H,15,18). The lowest BCUT2D eigenvalue weighted by atomic mass is 10.0. The van der Waals surface area contributed by atoms with E-state index < -0.39 is 0 Å². The van der Waals surface area contributed by atoms with Crippen molar-refractivity contribution in [3.8, 4) is 0 Å². The van der Waals surface area contributed by atoms with Gasteiger partial charge in [-0.15, -0.1) is 0 Å². The Morgan fingerprint density at radius 1 is 1.32 bits per heavy atom. The van der Waals surface area contributed by atoms with Gasteiger partial charge in [0.05, 0.1) is 12.6 Å². The molecule has 5 nitrogen and oxygen atoms in total. The Kier molecular flexibility index (Phi) is 6.84. The maximum Gasteiger partial charge on any atom is 0.222 e. The van der Waals surface area contributed by atoms with Crippen molar-refractivity contribution < 1.29 is 14.7 Å². The molecule has 0 aromatic rings. The van der Waals surface area contributed by atoms with Crippen LogP contribution in [-0.2, 0) is 9.59 Å². The zero-order chi connectivity index (χ0) is 14.3. The first-order valence-electron chi connectivity index (χ1n) is 7.21. The summed E-state index contributed by atoms with van der Waals surface area (Å²) in [6.45, 7) is 5.12. The number of nitrogens with one attached hydrogen (secondary N) is 1. The van der Waals surface area contributed by atoms with E-state index in [1.54, 1.807) is 0 Å². The monoisotopic (exact) mass is 270 g/mol. The molecule has 0 aromatic heterocycles. The molecule has 19 heavy (non-hydrogen) atoms. The molecule has 1 fully saturated rings. The SMILES string of the molecule is CC(=O)NCCCCCC(=O)N1CCC(C)C1CO. The van der Waals surface area contributed by atoms with Gasteiger partial charge in [0.2, 0.25) is 11.8 Å². The fourth-order valence-corrected chi connectivity index (χ4v) is 2.58. The van der Waals surface area contributed by atoms with E-state index in [9.17, 15) is 14.7 Å². The van der Waals surface area contributed by atoms with Crippen molar-refractivity contribution in [3.05, 3.63) is 0 Å². The van der Waals surface area contributed by atoms with Gasteiger partial charge in [0, 0.05) is 26.4 Å². The minimum Gasteiger partial charge on any atom is -0.394 e. The number of nitrogens with zero attached hydrogens (tertiary/aromatic N) is 1. The van der Waals surface area contributed by atoms with Crippen LogP contribution in [0.25, 0.3) is 0 Å². The molecule has 2 amide bonds. The van der Waals surface area contributed by atoms with Crippen LogP contribution in [0, 0.1) is 5.92 Å². The molecule has 0 aromatic carbocycles. The normalized spacial score (nSPS) is 22.6. The van der Waals surface area contributed by atoms with Gasteiger partial charge in [0.15, 0.2) is 0 Å². The Hall–Kier alpha value is -1.10. The first-order chi connectivity index (χ1) is 9.06. The molecule has 0 bridgehead atoms. The molecular weight excluding hydrogens is 244 g/mol. The fraction of sp³-hybridized carbons (Fsp3) is 0.857. The lowest BCUT2D eigenvalue weighted by molar-refractivity contribution is -0.133. The van der Waals surface area contributed by atoms with Crippen molar-refractivity contribution in [2.45, 2.75) is 52.0 Å². The summed E-state index contributed by atoms with van der Waals surface area (Å²) in [5.41, 5.74) is 0. The van der Waals surface area contributed by atoms with Gasteiger partial charge in [-0.1, -0.05) is 13.3 Å². The third kappa shape index (κ3) is 5.19. The first-order valence-corrected chi connectivity index (χ1v) is 7.21. The Balaban J connectivity index is 2.15. The Morgan fingerprint density at radius 2 is 2.05 bits per heavy atom. The fourth-order valence-electron chi connectivity index (χ4n) is 2.58. The summed E-state index contributed by atoms with van der Waals surface area (Å²) in [5, 5.41) is 12.1. The van der Waals surface area contributed by atoms with E-state index >= 15 is 0 Å². The van der Waals surface area contributed by atoms with Gasteiger partial charge in [0.25, 0.3) is 0 Å². The maximum absolute atomic E-state index is 12.0. The maximum atomic E-state index is 12.0. The highest BCUT2D eigenvalue weighted by molar-refractivity contribution is 5.76. The van der Waals surface area contributed by atoms with Gasteiger partial charge < -0.3 is 15.3 Å². The van der Waals surface area contributed by atoms with Gasteiger partial charge in [0.1, 0.15) is 0 Å². The molecule has 1 saturated heterocycles. The van der Waals surface area contributed by atoms with Crippen LogP contribution in [0.1, 0.15) is 46.0 Å². The molecule has 5 heteroatoms. The molecule has 0 radical (unpaired) electrons. The highest BCUT2D eigenvalue weighted by Gasteiger charge is 2.33. The lowest BCUT2D eigenvalue weighted by Crippen LogP contribution is -2.39. The van der Waals surface area contributed by atoms with E-state index in [0.29, 0.717) is 18.9 Å².